The number of rotatable bonds is 10. The van der Waals surface area contributed by atoms with E-state index in [9.17, 15) is 43.5 Å². The van der Waals surface area contributed by atoms with Crippen LogP contribution < -0.4 is 15.9 Å². The number of aromatic nitrogens is 8. The molecule has 0 unspecified atom stereocenters. The molecule has 22 heteroatoms. The highest BCUT2D eigenvalue weighted by Gasteiger charge is 2.27. The highest BCUT2D eigenvalue weighted by atomic mass is 35.7. The molecule has 0 saturated carbocycles. The molecular formula is C52H59ClN8O11P2. The maximum atomic E-state index is 13.7. The first-order chi connectivity index (χ1) is 34.3. The molecule has 9 rings (SSSR count). The predicted molar refractivity (Wildman–Crippen MR) is 289 cm³/mol. The predicted octanol–water partition coefficient (Wildman–Crippen LogP) is 10.9. The monoisotopic (exact) mass is 1070 g/mol. The number of fused-ring (bicyclic) bond motifs is 2. The Morgan fingerprint density at radius 2 is 1.27 bits per heavy atom. The van der Waals surface area contributed by atoms with Crippen LogP contribution in [0.25, 0.3) is 56.0 Å². The van der Waals surface area contributed by atoms with Crippen molar-refractivity contribution in [3.05, 3.63) is 159 Å². The molecule has 4 aromatic heterocycles. The average Bonchev–Trinajstić information content (AvgIpc) is 4.08. The van der Waals surface area contributed by atoms with E-state index in [1.54, 1.807) is 12.1 Å². The molecule has 0 radical (unpaired) electrons. The summed E-state index contributed by atoms with van der Waals surface area (Å²) in [6, 6.07) is 30.4. The number of carbonyl (C=O) groups excluding carboxylic acids is 1. The summed E-state index contributed by atoms with van der Waals surface area (Å²) in [5.41, 5.74) is 5.53. The van der Waals surface area contributed by atoms with Crippen molar-refractivity contribution >= 4 is 53.5 Å². The molecule has 0 aliphatic heterocycles. The van der Waals surface area contributed by atoms with Gasteiger partial charge in [-0.1, -0.05) is 76.7 Å². The first-order valence-electron chi connectivity index (χ1n) is 22.7. The maximum Gasteiger partial charge on any atom is 0.524 e. The molecule has 0 bridgehead atoms. The van der Waals surface area contributed by atoms with Crippen LogP contribution >= 0.6 is 25.6 Å². The quantitative estimate of drug-likeness (QED) is 0.0800. The summed E-state index contributed by atoms with van der Waals surface area (Å²) in [6.45, 7) is 10.3. The van der Waals surface area contributed by atoms with Crippen molar-refractivity contribution < 1.29 is 43.2 Å². The van der Waals surface area contributed by atoms with Gasteiger partial charge >= 0.3 is 25.3 Å². The SMILES string of the molecule is C.CC(C)c1cc(-c2n[nH]c(=O)n2-c2ccc3c(ccn3C)c2)c(O)cc1OP(=O)(O)O.CP(C)(=O)Cl.Cc1cc(O)c(C(C)C)cc1-c1nn(C(=O)OCc2ccccc2)c(=O)n1-c1ccc2c(ccn2C)c1. The zero-order valence-electron chi connectivity index (χ0n) is 41.4. The first kappa shape index (κ1) is 55.9. The topological polar surface area (TPSA) is 251 Å². The highest BCUT2D eigenvalue weighted by molar-refractivity contribution is 7.88. The third-order valence-electron chi connectivity index (χ3n) is 11.5. The summed E-state index contributed by atoms with van der Waals surface area (Å²) >= 11 is 5.09. The number of carbonyl (C=O) groups is 1. The number of nitrogens with one attached hydrogen (secondary N) is 1. The van der Waals surface area contributed by atoms with Gasteiger partial charge in [-0.05, 0) is 108 Å². The van der Waals surface area contributed by atoms with Crippen LogP contribution in [0.1, 0.15) is 69.2 Å². The molecule has 0 saturated heterocycles. The Kier molecular flexibility index (Phi) is 16.9. The normalized spacial score (nSPS) is 11.5. The van der Waals surface area contributed by atoms with Gasteiger partial charge in [0.25, 0.3) is 0 Å². The highest BCUT2D eigenvalue weighted by Crippen LogP contribution is 2.45. The number of phosphoric ester groups is 1. The van der Waals surface area contributed by atoms with Crippen molar-refractivity contribution in [3.63, 3.8) is 0 Å². The van der Waals surface area contributed by atoms with E-state index in [4.69, 9.17) is 20.5 Å². The molecular weight excluding hydrogens is 1010 g/mol. The number of aromatic hydroxyl groups is 2. The van der Waals surface area contributed by atoms with E-state index < -0.39 is 31.8 Å². The molecule has 9 aromatic rings. The van der Waals surface area contributed by atoms with Crippen LogP contribution in [-0.4, -0.2) is 77.7 Å². The number of phenols is 2. The van der Waals surface area contributed by atoms with Gasteiger partial charge in [0, 0.05) is 73.3 Å². The fourth-order valence-electron chi connectivity index (χ4n) is 8.04. The summed E-state index contributed by atoms with van der Waals surface area (Å²) in [6.07, 6.45) is 2.99. The van der Waals surface area contributed by atoms with E-state index in [0.717, 1.165) is 49.2 Å². The fourth-order valence-corrected chi connectivity index (χ4v) is 8.46. The van der Waals surface area contributed by atoms with Gasteiger partial charge < -0.3 is 33.2 Å². The van der Waals surface area contributed by atoms with Gasteiger partial charge in [-0.2, -0.15) is 5.10 Å². The van der Waals surface area contributed by atoms with Gasteiger partial charge in [-0.3, -0.25) is 9.79 Å². The van der Waals surface area contributed by atoms with Crippen molar-refractivity contribution in [2.24, 2.45) is 14.1 Å². The van der Waals surface area contributed by atoms with E-state index >= 15 is 0 Å². The molecule has 19 nitrogen and oxygen atoms in total. The Balaban J connectivity index is 0.000000221. The van der Waals surface area contributed by atoms with Crippen LogP contribution in [0.15, 0.2) is 125 Å². The zero-order valence-corrected chi connectivity index (χ0v) is 43.9. The van der Waals surface area contributed by atoms with Crippen LogP contribution in [0.3, 0.4) is 0 Å². The second kappa shape index (κ2) is 22.4. The van der Waals surface area contributed by atoms with Crippen LogP contribution in [0.5, 0.6) is 17.2 Å². The van der Waals surface area contributed by atoms with Crippen molar-refractivity contribution in [2.45, 2.75) is 60.5 Å². The van der Waals surface area contributed by atoms with E-state index in [2.05, 4.69) is 15.3 Å². The molecule has 5 aromatic carbocycles. The van der Waals surface area contributed by atoms with Crippen molar-refractivity contribution in [2.75, 3.05) is 13.3 Å². The number of benzene rings is 5. The van der Waals surface area contributed by atoms with Gasteiger partial charge in [-0.15, -0.1) is 9.78 Å². The number of nitrogens with zero attached hydrogens (tertiary/aromatic N) is 7. The number of H-pyrrole nitrogens is 1. The Bertz CT molecular complexity index is 3720. The van der Waals surface area contributed by atoms with Crippen molar-refractivity contribution in [3.8, 4) is 51.4 Å². The minimum Gasteiger partial charge on any atom is -0.508 e. The Morgan fingerprint density at radius 3 is 1.81 bits per heavy atom. The van der Waals surface area contributed by atoms with Crippen molar-refractivity contribution in [1.29, 1.82) is 0 Å². The number of phenolic OH excluding ortho intramolecular Hbond substituents is 2. The van der Waals surface area contributed by atoms with E-state index in [1.165, 1.54) is 28.5 Å². The van der Waals surface area contributed by atoms with E-state index in [0.29, 0.717) is 22.5 Å². The number of hydrogen-bond acceptors (Lipinski definition) is 11. The summed E-state index contributed by atoms with van der Waals surface area (Å²) in [5.74, 6) is -0.0104. The lowest BCUT2D eigenvalue weighted by Crippen LogP contribution is -2.30. The summed E-state index contributed by atoms with van der Waals surface area (Å²) < 4.78 is 38.9. The minimum absolute atomic E-state index is 0. The summed E-state index contributed by atoms with van der Waals surface area (Å²) in [5, 5.41) is 33.9. The van der Waals surface area contributed by atoms with E-state index in [-0.39, 0.29) is 60.3 Å². The summed E-state index contributed by atoms with van der Waals surface area (Å²) in [4.78, 5) is 57.6. The number of halogens is 1. The van der Waals surface area contributed by atoms with Gasteiger partial charge in [0.1, 0.15) is 23.9 Å². The van der Waals surface area contributed by atoms with Gasteiger partial charge in [0.05, 0.1) is 16.9 Å². The maximum absolute atomic E-state index is 13.7. The second-order valence-corrected chi connectivity index (χ2v) is 24.2. The van der Waals surface area contributed by atoms with Gasteiger partial charge in [0.15, 0.2) is 18.1 Å². The molecule has 390 valence electrons. The molecule has 0 amide bonds. The number of aromatic amines is 1. The minimum atomic E-state index is -4.83. The second-order valence-electron chi connectivity index (χ2n) is 18.2. The molecule has 74 heavy (non-hydrogen) atoms. The largest absolute Gasteiger partial charge is 0.524 e. The molecule has 4 heterocycles. The summed E-state index contributed by atoms with van der Waals surface area (Å²) in [7, 11) is -0.953. The van der Waals surface area contributed by atoms with Crippen LogP contribution in [0, 0.1) is 6.92 Å². The Labute approximate surface area is 431 Å². The van der Waals surface area contributed by atoms with E-state index in [1.807, 2.05) is 149 Å². The van der Waals surface area contributed by atoms with Gasteiger partial charge in [0.2, 0.25) is 0 Å². The lowest BCUT2D eigenvalue weighted by Gasteiger charge is -2.17. The number of ether oxygens (including phenoxy) is 1. The fraction of sp³-hybridized carbons (Fsp3) is 0.250. The lowest BCUT2D eigenvalue weighted by molar-refractivity contribution is 0.136. The molecule has 0 aliphatic rings. The van der Waals surface area contributed by atoms with Crippen LogP contribution in [-0.2, 0) is 34.6 Å². The van der Waals surface area contributed by atoms with Crippen LogP contribution in [0.4, 0.5) is 4.79 Å². The molecule has 5 N–H and O–H groups in total. The lowest BCUT2D eigenvalue weighted by atomic mass is 9.96. The Morgan fingerprint density at radius 1 is 0.730 bits per heavy atom. The van der Waals surface area contributed by atoms with Gasteiger partial charge in [-0.25, -0.2) is 33.2 Å². The standard InChI is InChI=1S/C29H28N4O4.C20H21N4O6P.C2H6ClOP.CH4/c1-18(2)23-16-24(19(3)14-26(23)34)27-30-33(29(36)37-17-20-8-6-5-7-9-20)28(35)32(27)22-10-11-25-21(15-22)12-13-31(25)4;1-11(2)14-9-15(17(25)10-18(14)30-31(27,28)29)19-21-22-20(26)24(19)13-4-5-16-12(8-13)6-7-23(16)3;1-5(2,3)4;/h5-16,18,34H,17H2,1-4H3;4-11,25H,1-3H3,(H,22,26)(H2,27,28,29);1-2H3;1H4. The molecule has 0 fully saturated rings. The number of aryl methyl sites for hydroxylation is 3. The molecule has 0 aliphatic carbocycles. The third kappa shape index (κ3) is 12.7. The smallest absolute Gasteiger partial charge is 0.508 e. The molecule has 0 spiro atoms. The average molecular weight is 1070 g/mol. The Hall–Kier alpha value is -7.40. The van der Waals surface area contributed by atoms with Crippen LogP contribution in [0.2, 0.25) is 0 Å². The third-order valence-corrected chi connectivity index (χ3v) is 12.0. The first-order valence-corrected chi connectivity index (χ1v) is 27.8. The number of phosphoric acid groups is 1. The van der Waals surface area contributed by atoms with Crippen molar-refractivity contribution in [1.82, 2.24) is 38.2 Å². The number of hydrogen-bond donors (Lipinski definition) is 5. The molecule has 0 atom stereocenters. The zero-order chi connectivity index (χ0) is 53.3.